The molecule has 0 saturated heterocycles. The van der Waals surface area contributed by atoms with Crippen molar-refractivity contribution in [2.75, 3.05) is 0 Å². The molecule has 0 aliphatic carbocycles. The standard InChI is InChI=1S/C5H6N2/c1-2-6-4-5-7-3-1/h2-5H,1H2. The molecule has 1 heterocycles. The fraction of sp³-hybridized carbons (Fsp3) is 0.200. The summed E-state index contributed by atoms with van der Waals surface area (Å²) in [5, 5.41) is 0. The summed E-state index contributed by atoms with van der Waals surface area (Å²) < 4.78 is 0. The molecule has 0 unspecified atom stereocenters. The van der Waals surface area contributed by atoms with E-state index in [0.29, 0.717) is 0 Å². The molecule has 1 aliphatic rings. The van der Waals surface area contributed by atoms with Crippen molar-refractivity contribution >= 4 is 12.4 Å². The van der Waals surface area contributed by atoms with Crippen molar-refractivity contribution in [3.05, 3.63) is 12.4 Å². The van der Waals surface area contributed by atoms with Gasteiger partial charge >= 0.3 is 0 Å². The van der Waals surface area contributed by atoms with E-state index in [9.17, 15) is 0 Å². The SMILES string of the molecule is C1=CN=CCC=N1. The third-order valence-corrected chi connectivity index (χ3v) is 0.660. The van der Waals surface area contributed by atoms with Gasteiger partial charge in [-0.3, -0.25) is 9.98 Å². The Morgan fingerprint density at radius 1 is 1.00 bits per heavy atom. The maximum atomic E-state index is 3.84. The monoisotopic (exact) mass is 94.1 g/mol. The molecule has 0 amide bonds. The van der Waals surface area contributed by atoms with Gasteiger partial charge in [-0.05, 0) is 0 Å². The predicted octanol–water partition coefficient (Wildman–Crippen LogP) is 1.00. The summed E-state index contributed by atoms with van der Waals surface area (Å²) in [6.45, 7) is 0. The zero-order valence-corrected chi connectivity index (χ0v) is 3.91. The van der Waals surface area contributed by atoms with Gasteiger partial charge < -0.3 is 0 Å². The summed E-state index contributed by atoms with van der Waals surface area (Å²) in [6.07, 6.45) is 7.82. The van der Waals surface area contributed by atoms with Crippen LogP contribution < -0.4 is 0 Å². The highest BCUT2D eigenvalue weighted by Gasteiger charge is 1.72. The van der Waals surface area contributed by atoms with Gasteiger partial charge in [0.05, 0.1) is 0 Å². The summed E-state index contributed by atoms with van der Waals surface area (Å²) in [4.78, 5) is 7.68. The molecule has 0 N–H and O–H groups in total. The van der Waals surface area contributed by atoms with Gasteiger partial charge in [0.2, 0.25) is 0 Å². The van der Waals surface area contributed by atoms with Gasteiger partial charge in [-0.15, -0.1) is 0 Å². The van der Waals surface area contributed by atoms with Crippen LogP contribution in [-0.4, -0.2) is 12.4 Å². The molecule has 0 fully saturated rings. The summed E-state index contributed by atoms with van der Waals surface area (Å²) in [5.74, 6) is 0. The second-order valence-electron chi connectivity index (χ2n) is 1.20. The Morgan fingerprint density at radius 2 is 1.57 bits per heavy atom. The Kier molecular flexibility index (Phi) is 1.39. The predicted molar refractivity (Wildman–Crippen MR) is 30.7 cm³/mol. The van der Waals surface area contributed by atoms with Gasteiger partial charge in [-0.25, -0.2) is 0 Å². The quantitative estimate of drug-likeness (QED) is 0.428. The van der Waals surface area contributed by atoms with Crippen LogP contribution in [0, 0.1) is 0 Å². The molecule has 36 valence electrons. The average Bonchev–Trinajstić information content (AvgIpc) is 1.90. The third kappa shape index (κ3) is 1.30. The van der Waals surface area contributed by atoms with Crippen LogP contribution in [-0.2, 0) is 0 Å². The van der Waals surface area contributed by atoms with E-state index in [-0.39, 0.29) is 0 Å². The van der Waals surface area contributed by atoms with Crippen molar-refractivity contribution < 1.29 is 0 Å². The van der Waals surface area contributed by atoms with E-state index in [2.05, 4.69) is 9.98 Å². The van der Waals surface area contributed by atoms with E-state index in [1.54, 1.807) is 12.4 Å². The van der Waals surface area contributed by atoms with Crippen molar-refractivity contribution in [2.45, 2.75) is 6.42 Å². The van der Waals surface area contributed by atoms with Crippen molar-refractivity contribution in [3.63, 3.8) is 0 Å². The first kappa shape index (κ1) is 4.24. The van der Waals surface area contributed by atoms with Crippen LogP contribution in [0.1, 0.15) is 6.42 Å². The van der Waals surface area contributed by atoms with E-state index in [1.807, 2.05) is 12.4 Å². The van der Waals surface area contributed by atoms with Crippen molar-refractivity contribution in [2.24, 2.45) is 9.98 Å². The number of nitrogens with zero attached hydrogens (tertiary/aromatic N) is 2. The van der Waals surface area contributed by atoms with Crippen molar-refractivity contribution in [1.82, 2.24) is 0 Å². The lowest BCUT2D eigenvalue weighted by Gasteiger charge is -1.67. The number of aliphatic imine (C=N–C) groups is 2. The van der Waals surface area contributed by atoms with Crippen molar-refractivity contribution in [3.8, 4) is 0 Å². The summed E-state index contributed by atoms with van der Waals surface area (Å²) in [6, 6.07) is 0. The lowest BCUT2D eigenvalue weighted by Crippen LogP contribution is -1.70. The molecule has 0 aromatic rings. The highest BCUT2D eigenvalue weighted by Crippen LogP contribution is 1.81. The third-order valence-electron chi connectivity index (χ3n) is 0.660. The Bertz CT molecular complexity index is 108. The van der Waals surface area contributed by atoms with Crippen molar-refractivity contribution in [1.29, 1.82) is 0 Å². The van der Waals surface area contributed by atoms with Crippen LogP contribution in [0.3, 0.4) is 0 Å². The molecule has 0 saturated carbocycles. The largest absolute Gasteiger partial charge is 0.267 e. The first-order valence-corrected chi connectivity index (χ1v) is 2.18. The topological polar surface area (TPSA) is 24.7 Å². The van der Waals surface area contributed by atoms with Gasteiger partial charge in [-0.2, -0.15) is 0 Å². The van der Waals surface area contributed by atoms with Crippen LogP contribution in [0.25, 0.3) is 0 Å². The second-order valence-corrected chi connectivity index (χ2v) is 1.20. The molecule has 0 atom stereocenters. The van der Waals surface area contributed by atoms with Gasteiger partial charge in [0.15, 0.2) is 0 Å². The van der Waals surface area contributed by atoms with E-state index in [0.717, 1.165) is 6.42 Å². The van der Waals surface area contributed by atoms with Crippen LogP contribution in [0.4, 0.5) is 0 Å². The Morgan fingerprint density at radius 3 is 2.14 bits per heavy atom. The smallest absolute Gasteiger partial charge is 0.0446 e. The second kappa shape index (κ2) is 2.29. The molecule has 0 spiro atoms. The number of rotatable bonds is 0. The first-order valence-electron chi connectivity index (χ1n) is 2.18. The van der Waals surface area contributed by atoms with Gasteiger partial charge in [0.1, 0.15) is 0 Å². The summed E-state index contributed by atoms with van der Waals surface area (Å²) >= 11 is 0. The highest BCUT2D eigenvalue weighted by atomic mass is 14.8. The van der Waals surface area contributed by atoms with Gasteiger partial charge in [0.25, 0.3) is 0 Å². The molecule has 1 aliphatic heterocycles. The molecule has 0 radical (unpaired) electrons. The van der Waals surface area contributed by atoms with Crippen LogP contribution in [0.5, 0.6) is 0 Å². The first-order chi connectivity index (χ1) is 3.50. The maximum Gasteiger partial charge on any atom is 0.0446 e. The van der Waals surface area contributed by atoms with Crippen LogP contribution in [0.15, 0.2) is 22.4 Å². The van der Waals surface area contributed by atoms with E-state index >= 15 is 0 Å². The molecule has 1 rings (SSSR count). The molecule has 7 heavy (non-hydrogen) atoms. The molecule has 0 aromatic carbocycles. The minimum absolute atomic E-state index is 0.854. The Labute approximate surface area is 42.3 Å². The molecule has 0 aromatic heterocycles. The normalized spacial score (nSPS) is 17.1. The van der Waals surface area contributed by atoms with Crippen LogP contribution in [0.2, 0.25) is 0 Å². The minimum atomic E-state index is 0.854. The fourth-order valence-corrected chi connectivity index (χ4v) is 0.368. The lowest BCUT2D eigenvalue weighted by atomic mass is 10.5. The fourth-order valence-electron chi connectivity index (χ4n) is 0.368. The van der Waals surface area contributed by atoms with Gasteiger partial charge in [0, 0.05) is 31.2 Å². The number of hydrogen-bond donors (Lipinski definition) is 0. The maximum absolute atomic E-state index is 3.84. The van der Waals surface area contributed by atoms with E-state index in [1.165, 1.54) is 0 Å². The molecular weight excluding hydrogens is 88.1 g/mol. The minimum Gasteiger partial charge on any atom is -0.267 e. The average molecular weight is 94.1 g/mol. The van der Waals surface area contributed by atoms with E-state index < -0.39 is 0 Å². The van der Waals surface area contributed by atoms with Crippen LogP contribution >= 0.6 is 0 Å². The zero-order chi connectivity index (χ0) is 4.95. The zero-order valence-electron chi connectivity index (χ0n) is 3.91. The summed E-state index contributed by atoms with van der Waals surface area (Å²) in [7, 11) is 0. The highest BCUT2D eigenvalue weighted by molar-refractivity contribution is 5.80. The molecule has 2 heteroatoms. The Balaban J connectivity index is 2.60. The van der Waals surface area contributed by atoms with Gasteiger partial charge in [-0.1, -0.05) is 0 Å². The molecular formula is C5H6N2. The van der Waals surface area contributed by atoms with E-state index in [4.69, 9.17) is 0 Å². The number of hydrogen-bond acceptors (Lipinski definition) is 2. The summed E-state index contributed by atoms with van der Waals surface area (Å²) in [5.41, 5.74) is 0. The Hall–Kier alpha value is -0.920. The molecule has 0 bridgehead atoms. The lowest BCUT2D eigenvalue weighted by molar-refractivity contribution is 1.51. The molecule has 2 nitrogen and oxygen atoms in total.